The Bertz CT molecular complexity index is 1580. The SMILES string of the molecule is CCS(=O)(=O)c1ccc(O)c(N=Cc2c(O)n(-c3ccccc3Cl)c(=O)c3ccccc23)c1. The maximum Gasteiger partial charge on any atom is 0.265 e. The third-order valence-electron chi connectivity index (χ3n) is 5.22. The van der Waals surface area contributed by atoms with Crippen molar-refractivity contribution in [3.05, 3.63) is 87.7 Å². The Kier molecular flexibility index (Phi) is 5.97. The molecular formula is C24H19ClN2O5S. The van der Waals surface area contributed by atoms with Gasteiger partial charge >= 0.3 is 0 Å². The van der Waals surface area contributed by atoms with Gasteiger partial charge in [-0.3, -0.25) is 9.79 Å². The van der Waals surface area contributed by atoms with Crippen LogP contribution in [0.3, 0.4) is 0 Å². The first-order valence-corrected chi connectivity index (χ1v) is 12.0. The van der Waals surface area contributed by atoms with E-state index >= 15 is 0 Å². The summed E-state index contributed by atoms with van der Waals surface area (Å²) in [5.74, 6) is -0.730. The summed E-state index contributed by atoms with van der Waals surface area (Å²) in [6.07, 6.45) is 1.28. The largest absolute Gasteiger partial charge is 0.506 e. The van der Waals surface area contributed by atoms with Gasteiger partial charge in [0.2, 0.25) is 5.88 Å². The summed E-state index contributed by atoms with van der Waals surface area (Å²) >= 11 is 6.28. The van der Waals surface area contributed by atoms with Crippen LogP contribution in [0.4, 0.5) is 5.69 Å². The summed E-state index contributed by atoms with van der Waals surface area (Å²) < 4.78 is 25.5. The molecule has 33 heavy (non-hydrogen) atoms. The van der Waals surface area contributed by atoms with Crippen LogP contribution in [0.2, 0.25) is 5.02 Å². The van der Waals surface area contributed by atoms with Crippen molar-refractivity contribution in [2.45, 2.75) is 11.8 Å². The Labute approximate surface area is 194 Å². The number of phenolic OH excluding ortho intramolecular Hbond substituents is 1. The highest BCUT2D eigenvalue weighted by atomic mass is 35.5. The van der Waals surface area contributed by atoms with E-state index in [-0.39, 0.29) is 32.7 Å². The molecule has 0 bridgehead atoms. The molecule has 0 saturated carbocycles. The lowest BCUT2D eigenvalue weighted by atomic mass is 10.1. The third kappa shape index (κ3) is 4.10. The molecule has 0 amide bonds. The second kappa shape index (κ2) is 8.73. The molecule has 1 aromatic heterocycles. The lowest BCUT2D eigenvalue weighted by Crippen LogP contribution is -2.20. The Morgan fingerprint density at radius 3 is 2.36 bits per heavy atom. The Morgan fingerprint density at radius 1 is 1.00 bits per heavy atom. The zero-order valence-electron chi connectivity index (χ0n) is 17.4. The van der Waals surface area contributed by atoms with Gasteiger partial charge in [-0.25, -0.2) is 13.0 Å². The van der Waals surface area contributed by atoms with Crippen molar-refractivity contribution in [1.29, 1.82) is 0 Å². The van der Waals surface area contributed by atoms with Crippen molar-refractivity contribution in [2.24, 2.45) is 4.99 Å². The second-order valence-electron chi connectivity index (χ2n) is 7.19. The molecule has 3 aromatic carbocycles. The highest BCUT2D eigenvalue weighted by Gasteiger charge is 2.18. The van der Waals surface area contributed by atoms with Crippen LogP contribution in [-0.2, 0) is 9.84 Å². The first-order chi connectivity index (χ1) is 15.7. The topological polar surface area (TPSA) is 109 Å². The van der Waals surface area contributed by atoms with Crippen molar-refractivity contribution < 1.29 is 18.6 Å². The van der Waals surface area contributed by atoms with E-state index in [0.29, 0.717) is 16.5 Å². The number of aromatic hydroxyl groups is 2. The lowest BCUT2D eigenvalue weighted by Gasteiger charge is -2.14. The number of rotatable bonds is 5. The van der Waals surface area contributed by atoms with E-state index in [2.05, 4.69) is 4.99 Å². The molecule has 0 unspecified atom stereocenters. The molecular weight excluding hydrogens is 464 g/mol. The molecule has 0 aliphatic rings. The Hall–Kier alpha value is -3.62. The van der Waals surface area contributed by atoms with E-state index in [9.17, 15) is 23.4 Å². The van der Waals surface area contributed by atoms with Gasteiger partial charge in [-0.2, -0.15) is 0 Å². The van der Waals surface area contributed by atoms with Gasteiger partial charge in [0.1, 0.15) is 11.4 Å². The fraction of sp³-hybridized carbons (Fsp3) is 0.0833. The van der Waals surface area contributed by atoms with Gasteiger partial charge in [-0.1, -0.05) is 48.9 Å². The van der Waals surface area contributed by atoms with Gasteiger partial charge < -0.3 is 10.2 Å². The van der Waals surface area contributed by atoms with Gasteiger partial charge in [0.25, 0.3) is 5.56 Å². The fourth-order valence-corrected chi connectivity index (χ4v) is 4.57. The number of phenols is 1. The van der Waals surface area contributed by atoms with Crippen molar-refractivity contribution in [1.82, 2.24) is 4.57 Å². The molecule has 9 heteroatoms. The molecule has 0 aliphatic carbocycles. The molecule has 0 radical (unpaired) electrons. The van der Waals surface area contributed by atoms with Gasteiger partial charge in [-0.05, 0) is 36.4 Å². The summed E-state index contributed by atoms with van der Waals surface area (Å²) in [4.78, 5) is 17.4. The van der Waals surface area contributed by atoms with Crippen LogP contribution < -0.4 is 5.56 Å². The van der Waals surface area contributed by atoms with Gasteiger partial charge in [0, 0.05) is 17.0 Å². The van der Waals surface area contributed by atoms with E-state index in [1.807, 2.05) is 0 Å². The van der Waals surface area contributed by atoms with Crippen LogP contribution in [0.5, 0.6) is 11.6 Å². The number of aliphatic imine (C=N–C) groups is 1. The molecule has 1 heterocycles. The van der Waals surface area contributed by atoms with Crippen molar-refractivity contribution >= 4 is 44.1 Å². The first-order valence-electron chi connectivity index (χ1n) is 9.96. The van der Waals surface area contributed by atoms with Crippen molar-refractivity contribution in [3.8, 4) is 17.3 Å². The van der Waals surface area contributed by atoms with E-state index in [1.165, 1.54) is 31.3 Å². The van der Waals surface area contributed by atoms with Crippen LogP contribution in [0.15, 0.2) is 81.4 Å². The molecule has 168 valence electrons. The number of fused-ring (bicyclic) bond motifs is 1. The van der Waals surface area contributed by atoms with Gasteiger partial charge in [0.05, 0.1) is 26.9 Å². The zero-order valence-corrected chi connectivity index (χ0v) is 19.0. The molecule has 0 aliphatic heterocycles. The minimum absolute atomic E-state index is 0.00324. The molecule has 2 N–H and O–H groups in total. The number of aromatic nitrogens is 1. The summed E-state index contributed by atoms with van der Waals surface area (Å²) in [5.41, 5.74) is 0.0324. The molecule has 7 nitrogen and oxygen atoms in total. The fourth-order valence-electron chi connectivity index (χ4n) is 3.45. The van der Waals surface area contributed by atoms with Gasteiger partial charge in [-0.15, -0.1) is 0 Å². The first kappa shape index (κ1) is 22.6. The standard InChI is InChI=1S/C24H19ClN2O5S/c1-2-33(31,32)15-11-12-22(28)20(13-15)26-14-18-16-7-3-4-8-17(16)23(29)27(24(18)30)21-10-6-5-9-19(21)25/h3-14,28,30H,2H2,1H3. The maximum atomic E-state index is 13.2. The van der Waals surface area contributed by atoms with E-state index in [4.69, 9.17) is 11.6 Å². The Morgan fingerprint density at radius 2 is 1.67 bits per heavy atom. The number of hydrogen-bond acceptors (Lipinski definition) is 6. The number of para-hydroxylation sites is 1. The highest BCUT2D eigenvalue weighted by Crippen LogP contribution is 2.32. The van der Waals surface area contributed by atoms with E-state index in [0.717, 1.165) is 4.57 Å². The molecule has 4 aromatic rings. The minimum atomic E-state index is -3.51. The second-order valence-corrected chi connectivity index (χ2v) is 9.87. The third-order valence-corrected chi connectivity index (χ3v) is 7.27. The normalized spacial score (nSPS) is 11.9. The molecule has 0 atom stereocenters. The van der Waals surface area contributed by atoms with Crippen LogP contribution in [0.1, 0.15) is 12.5 Å². The number of pyridine rings is 1. The summed E-state index contributed by atoms with van der Waals surface area (Å²) in [6, 6.07) is 17.1. The maximum absolute atomic E-state index is 13.2. The summed E-state index contributed by atoms with van der Waals surface area (Å²) in [5, 5.41) is 22.3. The van der Waals surface area contributed by atoms with E-state index < -0.39 is 21.3 Å². The van der Waals surface area contributed by atoms with Crippen LogP contribution in [0, 0.1) is 0 Å². The number of benzene rings is 3. The van der Waals surface area contributed by atoms with Crippen molar-refractivity contribution in [3.63, 3.8) is 0 Å². The molecule has 0 saturated heterocycles. The van der Waals surface area contributed by atoms with Crippen LogP contribution in [-0.4, -0.2) is 35.2 Å². The van der Waals surface area contributed by atoms with Crippen LogP contribution >= 0.6 is 11.6 Å². The smallest absolute Gasteiger partial charge is 0.265 e. The zero-order chi connectivity index (χ0) is 23.8. The summed E-state index contributed by atoms with van der Waals surface area (Å²) in [7, 11) is -3.51. The predicted molar refractivity (Wildman–Crippen MR) is 129 cm³/mol. The predicted octanol–water partition coefficient (Wildman–Crippen LogP) is 4.60. The number of halogens is 1. The summed E-state index contributed by atoms with van der Waals surface area (Å²) in [6.45, 7) is 1.52. The average Bonchev–Trinajstić information content (AvgIpc) is 2.81. The monoisotopic (exact) mass is 482 g/mol. The minimum Gasteiger partial charge on any atom is -0.506 e. The molecule has 4 rings (SSSR count). The number of hydrogen-bond donors (Lipinski definition) is 2. The average molecular weight is 483 g/mol. The van der Waals surface area contributed by atoms with Gasteiger partial charge in [0.15, 0.2) is 9.84 Å². The quantitative estimate of drug-likeness (QED) is 0.404. The molecule has 0 fully saturated rings. The lowest BCUT2D eigenvalue weighted by molar-refractivity contribution is 0.436. The molecule has 0 spiro atoms. The highest BCUT2D eigenvalue weighted by molar-refractivity contribution is 7.91. The Balaban J connectivity index is 1.96. The van der Waals surface area contributed by atoms with Crippen molar-refractivity contribution in [2.75, 3.05) is 5.75 Å². The number of nitrogens with zero attached hydrogens (tertiary/aromatic N) is 2. The van der Waals surface area contributed by atoms with Crippen LogP contribution in [0.25, 0.3) is 16.5 Å². The van der Waals surface area contributed by atoms with E-state index in [1.54, 1.807) is 48.5 Å². The number of sulfone groups is 1.